The fraction of sp³-hybridized carbons (Fsp3) is 0.560. The summed E-state index contributed by atoms with van der Waals surface area (Å²) in [7, 11) is -2.01. The highest BCUT2D eigenvalue weighted by Gasteiger charge is 2.47. The molecular weight excluding hydrogens is 372 g/mol. The monoisotopic (exact) mass is 410 g/mol. The van der Waals surface area contributed by atoms with Crippen LogP contribution < -0.4 is 5.73 Å². The van der Waals surface area contributed by atoms with Crippen molar-refractivity contribution in [2.75, 3.05) is 0 Å². The number of aromatic nitrogens is 1. The van der Waals surface area contributed by atoms with Crippen molar-refractivity contribution in [3.05, 3.63) is 65.5 Å². The average molecular weight is 411 g/mol. The molecule has 3 nitrogen and oxygen atoms in total. The lowest BCUT2D eigenvalue weighted by atomic mass is 9.86. The molecule has 2 aromatic rings. The van der Waals surface area contributed by atoms with Crippen LogP contribution in [0.15, 0.2) is 48.7 Å². The van der Waals surface area contributed by atoms with Gasteiger partial charge in [-0.05, 0) is 46.7 Å². The number of pyridine rings is 1. The SMILES string of the molecule is CC(C)[Si](O[C@@H]1CC[C@@H](c2ccccc2)[C@H](N)c2cccnc21)(C(C)C)C(C)C. The Labute approximate surface area is 178 Å². The lowest BCUT2D eigenvalue weighted by Crippen LogP contribution is -2.48. The topological polar surface area (TPSA) is 48.1 Å². The molecule has 29 heavy (non-hydrogen) atoms. The molecular formula is C25H38N2OSi. The molecule has 0 saturated carbocycles. The summed E-state index contributed by atoms with van der Waals surface area (Å²) < 4.78 is 7.22. The number of fused-ring (bicyclic) bond motifs is 1. The van der Waals surface area contributed by atoms with E-state index in [-0.39, 0.29) is 12.1 Å². The molecule has 0 radical (unpaired) electrons. The third-order valence-electron chi connectivity index (χ3n) is 6.99. The first-order valence-electron chi connectivity index (χ1n) is 11.2. The van der Waals surface area contributed by atoms with E-state index < -0.39 is 8.32 Å². The minimum Gasteiger partial charge on any atom is -0.408 e. The van der Waals surface area contributed by atoms with Crippen LogP contribution in [0.5, 0.6) is 0 Å². The Bertz CT molecular complexity index is 769. The summed E-state index contributed by atoms with van der Waals surface area (Å²) in [5.41, 5.74) is 12.0. The molecule has 1 aromatic heterocycles. The lowest BCUT2D eigenvalue weighted by Gasteiger charge is -2.44. The molecule has 1 heterocycles. The molecule has 3 rings (SSSR count). The van der Waals surface area contributed by atoms with Crippen LogP contribution in [-0.2, 0) is 4.43 Å². The summed E-state index contributed by atoms with van der Waals surface area (Å²) in [5, 5.41) is 0. The Morgan fingerprint density at radius 2 is 1.52 bits per heavy atom. The fourth-order valence-electron chi connectivity index (χ4n) is 5.69. The molecule has 0 unspecified atom stereocenters. The summed E-state index contributed by atoms with van der Waals surface area (Å²) in [6, 6.07) is 14.8. The van der Waals surface area contributed by atoms with Gasteiger partial charge in [-0.2, -0.15) is 0 Å². The number of hydrogen-bond donors (Lipinski definition) is 1. The number of nitrogens with zero attached hydrogens (tertiary/aromatic N) is 1. The zero-order valence-electron chi connectivity index (χ0n) is 18.9. The van der Waals surface area contributed by atoms with Crippen molar-refractivity contribution in [2.24, 2.45) is 5.73 Å². The van der Waals surface area contributed by atoms with E-state index >= 15 is 0 Å². The van der Waals surface area contributed by atoms with Gasteiger partial charge in [-0.1, -0.05) is 77.9 Å². The van der Waals surface area contributed by atoms with Crippen LogP contribution in [0.1, 0.15) is 89.3 Å². The van der Waals surface area contributed by atoms with Gasteiger partial charge in [-0.15, -0.1) is 0 Å². The first kappa shape index (κ1) is 22.2. The number of rotatable bonds is 6. The molecule has 0 bridgehead atoms. The molecule has 3 atom stereocenters. The zero-order valence-corrected chi connectivity index (χ0v) is 19.9. The van der Waals surface area contributed by atoms with Crippen molar-refractivity contribution >= 4 is 8.32 Å². The Morgan fingerprint density at radius 1 is 0.897 bits per heavy atom. The van der Waals surface area contributed by atoms with Crippen LogP contribution in [0.4, 0.5) is 0 Å². The lowest BCUT2D eigenvalue weighted by molar-refractivity contribution is 0.160. The minimum atomic E-state index is -2.01. The first-order valence-corrected chi connectivity index (χ1v) is 13.4. The van der Waals surface area contributed by atoms with Gasteiger partial charge in [0, 0.05) is 18.2 Å². The van der Waals surface area contributed by atoms with Crippen LogP contribution in [0.25, 0.3) is 0 Å². The molecule has 0 aliphatic heterocycles. The van der Waals surface area contributed by atoms with Crippen molar-refractivity contribution in [3.8, 4) is 0 Å². The van der Waals surface area contributed by atoms with Crippen LogP contribution >= 0.6 is 0 Å². The molecule has 0 amide bonds. The maximum absolute atomic E-state index is 7.22. The zero-order chi connectivity index (χ0) is 21.2. The highest BCUT2D eigenvalue weighted by atomic mass is 28.4. The number of benzene rings is 1. The second-order valence-corrected chi connectivity index (χ2v) is 14.9. The second-order valence-electron chi connectivity index (χ2n) is 9.52. The van der Waals surface area contributed by atoms with E-state index in [1.54, 1.807) is 0 Å². The summed E-state index contributed by atoms with van der Waals surface area (Å²) in [5.74, 6) is 0.293. The summed E-state index contributed by atoms with van der Waals surface area (Å²) >= 11 is 0. The van der Waals surface area contributed by atoms with E-state index in [1.807, 2.05) is 12.3 Å². The predicted octanol–water partition coefficient (Wildman–Crippen LogP) is 6.89. The highest BCUT2D eigenvalue weighted by Crippen LogP contribution is 2.49. The third-order valence-corrected chi connectivity index (χ3v) is 13.1. The van der Waals surface area contributed by atoms with Gasteiger partial charge in [0.05, 0.1) is 11.8 Å². The minimum absolute atomic E-state index is 0.0322. The van der Waals surface area contributed by atoms with Gasteiger partial charge in [0.25, 0.3) is 0 Å². The third kappa shape index (κ3) is 4.21. The van der Waals surface area contributed by atoms with E-state index in [0.717, 1.165) is 24.1 Å². The number of nitrogens with two attached hydrogens (primary N) is 1. The van der Waals surface area contributed by atoms with Crippen molar-refractivity contribution in [1.29, 1.82) is 0 Å². The van der Waals surface area contributed by atoms with E-state index in [0.29, 0.717) is 22.5 Å². The Kier molecular flexibility index (Phi) is 6.97. The van der Waals surface area contributed by atoms with Gasteiger partial charge in [-0.25, -0.2) is 0 Å². The average Bonchev–Trinajstić information content (AvgIpc) is 2.83. The molecule has 4 heteroatoms. The van der Waals surface area contributed by atoms with E-state index in [2.05, 4.69) is 77.9 Å². The molecule has 1 aliphatic rings. The van der Waals surface area contributed by atoms with Crippen LogP contribution in [0.2, 0.25) is 16.6 Å². The summed E-state index contributed by atoms with van der Waals surface area (Å²) in [6.07, 6.45) is 3.92. The van der Waals surface area contributed by atoms with E-state index in [1.165, 1.54) is 5.56 Å². The van der Waals surface area contributed by atoms with Gasteiger partial charge in [0.1, 0.15) is 0 Å². The molecule has 0 saturated heterocycles. The number of hydrogen-bond acceptors (Lipinski definition) is 3. The molecule has 2 N–H and O–H groups in total. The molecule has 0 fully saturated rings. The van der Waals surface area contributed by atoms with Gasteiger partial charge in [0.15, 0.2) is 0 Å². The van der Waals surface area contributed by atoms with Crippen molar-refractivity contribution in [3.63, 3.8) is 0 Å². The van der Waals surface area contributed by atoms with Crippen molar-refractivity contribution in [2.45, 2.75) is 89.1 Å². The van der Waals surface area contributed by atoms with E-state index in [9.17, 15) is 0 Å². The highest BCUT2D eigenvalue weighted by molar-refractivity contribution is 6.77. The molecule has 0 spiro atoms. The van der Waals surface area contributed by atoms with E-state index in [4.69, 9.17) is 15.1 Å². The van der Waals surface area contributed by atoms with Gasteiger partial charge in [-0.3, -0.25) is 4.98 Å². The quantitative estimate of drug-likeness (QED) is 0.416. The van der Waals surface area contributed by atoms with Gasteiger partial charge < -0.3 is 10.2 Å². The van der Waals surface area contributed by atoms with Gasteiger partial charge >= 0.3 is 0 Å². The maximum Gasteiger partial charge on any atom is 0.201 e. The molecule has 158 valence electrons. The summed E-state index contributed by atoms with van der Waals surface area (Å²) in [6.45, 7) is 14.1. The van der Waals surface area contributed by atoms with Crippen LogP contribution in [-0.4, -0.2) is 13.3 Å². The predicted molar refractivity (Wildman–Crippen MR) is 124 cm³/mol. The summed E-state index contributed by atoms with van der Waals surface area (Å²) in [4.78, 5) is 4.82. The van der Waals surface area contributed by atoms with Gasteiger partial charge in [0.2, 0.25) is 8.32 Å². The van der Waals surface area contributed by atoms with Crippen molar-refractivity contribution in [1.82, 2.24) is 4.98 Å². The normalized spacial score (nSPS) is 22.8. The Hall–Kier alpha value is -1.49. The Morgan fingerprint density at radius 3 is 2.10 bits per heavy atom. The maximum atomic E-state index is 7.22. The standard InChI is InChI=1S/C25H38N2OSi/c1-17(2)29(18(3)4,19(5)6)28-23-15-14-21(20-11-8-7-9-12-20)24(26)22-13-10-16-27-25(22)23/h7-13,16-19,21,23-24H,14-15,26H2,1-6H3/t21-,23+,24-/m0/s1. The largest absolute Gasteiger partial charge is 0.408 e. The second kappa shape index (κ2) is 9.11. The van der Waals surface area contributed by atoms with Crippen LogP contribution in [0.3, 0.4) is 0 Å². The molecule has 1 aliphatic carbocycles. The first-order chi connectivity index (χ1) is 13.8. The smallest absolute Gasteiger partial charge is 0.201 e. The molecule has 1 aromatic carbocycles. The fourth-order valence-corrected chi connectivity index (χ4v) is 11.2. The Balaban J connectivity index is 2.02. The van der Waals surface area contributed by atoms with Crippen LogP contribution in [0, 0.1) is 0 Å². The van der Waals surface area contributed by atoms with Crippen molar-refractivity contribution < 1.29 is 4.43 Å².